The van der Waals surface area contributed by atoms with Crippen LogP contribution < -0.4 is 5.32 Å². The Morgan fingerprint density at radius 2 is 2.13 bits per heavy atom. The average Bonchev–Trinajstić information content (AvgIpc) is 3.06. The molecule has 1 aliphatic heterocycles. The molecule has 0 unspecified atom stereocenters. The molecule has 5 nitrogen and oxygen atoms in total. The summed E-state index contributed by atoms with van der Waals surface area (Å²) in [5.74, 6) is -0.500. The van der Waals surface area contributed by atoms with Gasteiger partial charge in [-0.05, 0) is 12.1 Å². The number of halogens is 1. The fourth-order valence-corrected chi connectivity index (χ4v) is 3.24. The van der Waals surface area contributed by atoms with Gasteiger partial charge in [-0.2, -0.15) is 0 Å². The van der Waals surface area contributed by atoms with Crippen molar-refractivity contribution in [1.29, 1.82) is 0 Å². The Kier molecular flexibility index (Phi) is 5.32. The van der Waals surface area contributed by atoms with Crippen molar-refractivity contribution in [2.24, 2.45) is 0 Å². The fraction of sp³-hybridized carbons (Fsp3) is 0.375. The maximum absolute atomic E-state index is 13.7. The zero-order valence-corrected chi connectivity index (χ0v) is 13.4. The number of hydrogen-bond acceptors (Lipinski definition) is 5. The zero-order valence-electron chi connectivity index (χ0n) is 12.6. The van der Waals surface area contributed by atoms with Crippen LogP contribution in [0.25, 0.3) is 10.6 Å². The Hall–Kier alpha value is -1.83. The molecule has 7 heteroatoms. The molecule has 1 aromatic heterocycles. The Bertz CT molecular complexity index is 671. The van der Waals surface area contributed by atoms with Gasteiger partial charge >= 0.3 is 0 Å². The number of morpholine rings is 1. The molecule has 23 heavy (non-hydrogen) atoms. The van der Waals surface area contributed by atoms with E-state index >= 15 is 0 Å². The van der Waals surface area contributed by atoms with Gasteiger partial charge in [0.1, 0.15) is 15.7 Å². The number of rotatable bonds is 5. The number of ether oxygens (including phenoxy) is 1. The molecular formula is C16H18FN3O2S. The minimum Gasteiger partial charge on any atom is -0.379 e. The quantitative estimate of drug-likeness (QED) is 0.908. The summed E-state index contributed by atoms with van der Waals surface area (Å²) in [6.07, 6.45) is 1.50. The van der Waals surface area contributed by atoms with Crippen LogP contribution in [-0.4, -0.2) is 55.2 Å². The van der Waals surface area contributed by atoms with Gasteiger partial charge < -0.3 is 10.1 Å². The largest absolute Gasteiger partial charge is 0.379 e. The van der Waals surface area contributed by atoms with Crippen LogP contribution in [0.1, 0.15) is 9.67 Å². The lowest BCUT2D eigenvalue weighted by molar-refractivity contribution is 0.0383. The Morgan fingerprint density at radius 1 is 1.35 bits per heavy atom. The van der Waals surface area contributed by atoms with Crippen LogP contribution in [0.2, 0.25) is 0 Å². The van der Waals surface area contributed by atoms with Gasteiger partial charge in [-0.25, -0.2) is 9.37 Å². The number of aromatic nitrogens is 1. The summed E-state index contributed by atoms with van der Waals surface area (Å²) in [5, 5.41) is 3.40. The highest BCUT2D eigenvalue weighted by atomic mass is 32.1. The molecule has 1 amide bonds. The van der Waals surface area contributed by atoms with Gasteiger partial charge in [0.25, 0.3) is 5.91 Å². The van der Waals surface area contributed by atoms with Gasteiger partial charge in [0, 0.05) is 31.7 Å². The van der Waals surface area contributed by atoms with Crippen LogP contribution in [0.3, 0.4) is 0 Å². The number of thiazole rings is 1. The van der Waals surface area contributed by atoms with E-state index < -0.39 is 0 Å². The van der Waals surface area contributed by atoms with Gasteiger partial charge in [0.15, 0.2) is 0 Å². The standard InChI is InChI=1S/C16H18FN3O2S/c17-13-4-2-1-3-12(13)16-19-11-14(23-16)15(21)18-5-6-20-7-9-22-10-8-20/h1-4,11H,5-10H2,(H,18,21). The molecule has 0 spiro atoms. The summed E-state index contributed by atoms with van der Waals surface area (Å²) in [6, 6.07) is 6.43. The third-order valence-corrected chi connectivity index (χ3v) is 4.68. The second kappa shape index (κ2) is 7.63. The third kappa shape index (κ3) is 4.13. The van der Waals surface area contributed by atoms with Crippen LogP contribution in [0, 0.1) is 5.82 Å². The molecule has 1 fully saturated rings. The number of hydrogen-bond donors (Lipinski definition) is 1. The van der Waals surface area contributed by atoms with E-state index in [2.05, 4.69) is 15.2 Å². The summed E-state index contributed by atoms with van der Waals surface area (Å²) in [4.78, 5) is 19.0. The van der Waals surface area contributed by atoms with E-state index in [1.165, 1.54) is 23.6 Å². The smallest absolute Gasteiger partial charge is 0.263 e. The number of carbonyl (C=O) groups is 1. The molecule has 2 heterocycles. The van der Waals surface area contributed by atoms with Crippen LogP contribution >= 0.6 is 11.3 Å². The molecule has 1 aromatic carbocycles. The lowest BCUT2D eigenvalue weighted by Gasteiger charge is -2.26. The number of benzene rings is 1. The minimum absolute atomic E-state index is 0.168. The molecule has 2 aromatic rings. The van der Waals surface area contributed by atoms with Gasteiger partial charge in [0.2, 0.25) is 0 Å². The molecule has 0 bridgehead atoms. The Labute approximate surface area is 138 Å². The molecule has 0 aliphatic carbocycles. The maximum atomic E-state index is 13.7. The Morgan fingerprint density at radius 3 is 2.91 bits per heavy atom. The molecule has 3 rings (SSSR count). The van der Waals surface area contributed by atoms with Crippen LogP contribution in [0.5, 0.6) is 0 Å². The van der Waals surface area contributed by atoms with E-state index in [9.17, 15) is 9.18 Å². The topological polar surface area (TPSA) is 54.5 Å². The van der Waals surface area contributed by atoms with E-state index in [0.717, 1.165) is 32.8 Å². The zero-order chi connectivity index (χ0) is 16.1. The average molecular weight is 335 g/mol. The van der Waals surface area contributed by atoms with Crippen molar-refractivity contribution in [1.82, 2.24) is 15.2 Å². The van der Waals surface area contributed by atoms with Crippen molar-refractivity contribution in [3.05, 3.63) is 41.2 Å². The number of amides is 1. The highest BCUT2D eigenvalue weighted by Crippen LogP contribution is 2.27. The lowest BCUT2D eigenvalue weighted by atomic mass is 10.2. The summed E-state index contributed by atoms with van der Waals surface area (Å²) >= 11 is 1.20. The van der Waals surface area contributed by atoms with Crippen molar-refractivity contribution >= 4 is 17.2 Å². The summed E-state index contributed by atoms with van der Waals surface area (Å²) in [7, 11) is 0. The highest BCUT2D eigenvalue weighted by Gasteiger charge is 2.14. The van der Waals surface area contributed by atoms with Gasteiger partial charge in [-0.1, -0.05) is 12.1 Å². The normalized spacial score (nSPS) is 15.5. The van der Waals surface area contributed by atoms with Crippen LogP contribution in [-0.2, 0) is 4.74 Å². The molecule has 0 saturated carbocycles. The van der Waals surface area contributed by atoms with E-state index in [4.69, 9.17) is 4.74 Å². The molecule has 0 atom stereocenters. The first-order valence-electron chi connectivity index (χ1n) is 7.53. The molecule has 0 radical (unpaired) electrons. The van der Waals surface area contributed by atoms with E-state index in [0.29, 0.717) is 22.0 Å². The number of nitrogens with zero attached hydrogens (tertiary/aromatic N) is 2. The second-order valence-corrected chi connectivity index (χ2v) is 6.25. The molecule has 122 valence electrons. The van der Waals surface area contributed by atoms with Crippen molar-refractivity contribution in [3.8, 4) is 10.6 Å². The lowest BCUT2D eigenvalue weighted by Crippen LogP contribution is -2.41. The molecule has 1 aliphatic rings. The maximum Gasteiger partial charge on any atom is 0.263 e. The first-order valence-corrected chi connectivity index (χ1v) is 8.35. The van der Waals surface area contributed by atoms with Crippen LogP contribution in [0.4, 0.5) is 4.39 Å². The van der Waals surface area contributed by atoms with Gasteiger partial charge in [-0.3, -0.25) is 9.69 Å². The van der Waals surface area contributed by atoms with E-state index in [-0.39, 0.29) is 11.7 Å². The Balaban J connectivity index is 1.55. The number of nitrogens with one attached hydrogen (secondary N) is 1. The monoisotopic (exact) mass is 335 g/mol. The molecular weight excluding hydrogens is 317 g/mol. The van der Waals surface area contributed by atoms with E-state index in [1.807, 2.05) is 0 Å². The summed E-state index contributed by atoms with van der Waals surface area (Å²) in [5.41, 5.74) is 0.421. The van der Waals surface area contributed by atoms with Gasteiger partial charge in [-0.15, -0.1) is 11.3 Å². The van der Waals surface area contributed by atoms with Crippen molar-refractivity contribution in [2.75, 3.05) is 39.4 Å². The summed E-state index contributed by atoms with van der Waals surface area (Å²) in [6.45, 7) is 4.66. The predicted molar refractivity (Wildman–Crippen MR) is 87.1 cm³/mol. The third-order valence-electron chi connectivity index (χ3n) is 3.65. The van der Waals surface area contributed by atoms with Crippen molar-refractivity contribution in [3.63, 3.8) is 0 Å². The first kappa shape index (κ1) is 16.0. The minimum atomic E-state index is -0.332. The van der Waals surface area contributed by atoms with Gasteiger partial charge in [0.05, 0.1) is 19.4 Å². The van der Waals surface area contributed by atoms with E-state index in [1.54, 1.807) is 18.2 Å². The SMILES string of the molecule is O=C(NCCN1CCOCC1)c1cnc(-c2ccccc2F)s1. The predicted octanol–water partition coefficient (Wildman–Crippen LogP) is 2.01. The van der Waals surface area contributed by atoms with Crippen molar-refractivity contribution < 1.29 is 13.9 Å². The first-order chi connectivity index (χ1) is 11.2. The number of carbonyl (C=O) groups excluding carboxylic acids is 1. The van der Waals surface area contributed by atoms with Crippen molar-refractivity contribution in [2.45, 2.75) is 0 Å². The van der Waals surface area contributed by atoms with Crippen LogP contribution in [0.15, 0.2) is 30.5 Å². The molecule has 1 saturated heterocycles. The highest BCUT2D eigenvalue weighted by molar-refractivity contribution is 7.16. The molecule has 1 N–H and O–H groups in total. The fourth-order valence-electron chi connectivity index (χ4n) is 2.38. The second-order valence-electron chi connectivity index (χ2n) is 5.22. The summed E-state index contributed by atoms with van der Waals surface area (Å²) < 4.78 is 19.0.